The zero-order valence-corrected chi connectivity index (χ0v) is 12.6. The predicted molar refractivity (Wildman–Crippen MR) is 78.8 cm³/mol. The maximum absolute atomic E-state index is 12.1. The zero-order valence-electron chi connectivity index (χ0n) is 11.0. The number of anilines is 1. The van der Waals surface area contributed by atoms with Gasteiger partial charge >= 0.3 is 0 Å². The summed E-state index contributed by atoms with van der Waals surface area (Å²) in [6.45, 7) is 3.67. The third-order valence-corrected chi connectivity index (χ3v) is 4.25. The fourth-order valence-electron chi connectivity index (χ4n) is 1.73. The van der Waals surface area contributed by atoms with Crippen LogP contribution in [0.25, 0.3) is 0 Å². The fraction of sp³-hybridized carbons (Fsp3) is 0.417. The number of halogens is 1. The number of rotatable bonds is 5. The second-order valence-corrected chi connectivity index (χ2v) is 6.24. The smallest absolute Gasteiger partial charge is 0.266 e. The molecule has 0 aromatic heterocycles. The normalized spacial score (nSPS) is 18.2. The van der Waals surface area contributed by atoms with Crippen LogP contribution in [0.2, 0.25) is 5.02 Å². The van der Waals surface area contributed by atoms with Gasteiger partial charge in [-0.3, -0.25) is 4.99 Å². The molecular formula is C12H16ClN3O3S. The Hall–Kier alpha value is -1.31. The summed E-state index contributed by atoms with van der Waals surface area (Å²) in [5.41, 5.74) is 0.469. The molecule has 0 spiro atoms. The highest BCUT2D eigenvalue weighted by atomic mass is 35.5. The van der Waals surface area contributed by atoms with Crippen LogP contribution in [0.15, 0.2) is 28.1 Å². The molecule has 6 nitrogen and oxygen atoms in total. The van der Waals surface area contributed by atoms with Gasteiger partial charge in [-0.15, -0.1) is 0 Å². The van der Waals surface area contributed by atoms with Crippen LogP contribution in [0.4, 0.5) is 5.69 Å². The summed E-state index contributed by atoms with van der Waals surface area (Å²) in [5, 5.41) is 3.30. The summed E-state index contributed by atoms with van der Waals surface area (Å²) in [6.07, 6.45) is 0.730. The second kappa shape index (κ2) is 6.43. The van der Waals surface area contributed by atoms with Gasteiger partial charge < -0.3 is 10.1 Å². The average Bonchev–Trinajstić information content (AvgIpc) is 2.39. The molecule has 0 atom stereocenters. The van der Waals surface area contributed by atoms with E-state index in [1.165, 1.54) is 6.07 Å². The summed E-state index contributed by atoms with van der Waals surface area (Å²) in [5.74, 6) is 0.219. The molecule has 0 saturated heterocycles. The number of hydrogen-bond donors (Lipinski definition) is 2. The highest BCUT2D eigenvalue weighted by molar-refractivity contribution is 7.90. The van der Waals surface area contributed by atoms with Crippen LogP contribution in [0, 0.1) is 0 Å². The molecule has 1 heterocycles. The van der Waals surface area contributed by atoms with Crippen molar-refractivity contribution in [3.63, 3.8) is 0 Å². The second-order valence-electron chi connectivity index (χ2n) is 4.15. The number of ether oxygens (including phenoxy) is 1. The van der Waals surface area contributed by atoms with Crippen molar-refractivity contribution in [3.8, 4) is 0 Å². The van der Waals surface area contributed by atoms with Gasteiger partial charge in [-0.05, 0) is 31.5 Å². The number of sulfonamides is 1. The Morgan fingerprint density at radius 3 is 2.95 bits per heavy atom. The maximum atomic E-state index is 12.1. The van der Waals surface area contributed by atoms with E-state index in [-0.39, 0.29) is 10.9 Å². The minimum absolute atomic E-state index is 0.123. The molecule has 0 unspecified atom stereocenters. The number of guanidine groups is 1. The largest absolute Gasteiger partial charge is 0.382 e. The molecule has 0 bridgehead atoms. The van der Waals surface area contributed by atoms with E-state index in [9.17, 15) is 8.42 Å². The predicted octanol–water partition coefficient (Wildman–Crippen LogP) is 1.83. The minimum Gasteiger partial charge on any atom is -0.382 e. The Morgan fingerprint density at radius 2 is 2.20 bits per heavy atom. The Balaban J connectivity index is 2.11. The van der Waals surface area contributed by atoms with Gasteiger partial charge in [-0.25, -0.2) is 13.1 Å². The number of fused-ring (bicyclic) bond motifs is 1. The van der Waals surface area contributed by atoms with Crippen molar-refractivity contribution in [1.82, 2.24) is 4.72 Å². The van der Waals surface area contributed by atoms with Gasteiger partial charge in [-0.1, -0.05) is 11.6 Å². The number of aliphatic imine (C=N–C) groups is 1. The first-order valence-corrected chi connectivity index (χ1v) is 8.10. The number of nitrogens with one attached hydrogen (secondary N) is 2. The van der Waals surface area contributed by atoms with Crippen molar-refractivity contribution < 1.29 is 13.2 Å². The van der Waals surface area contributed by atoms with Crippen molar-refractivity contribution in [2.24, 2.45) is 4.99 Å². The molecule has 1 aromatic carbocycles. The highest BCUT2D eigenvalue weighted by Gasteiger charge is 2.26. The van der Waals surface area contributed by atoms with Crippen molar-refractivity contribution in [2.45, 2.75) is 18.2 Å². The third kappa shape index (κ3) is 3.62. The van der Waals surface area contributed by atoms with Crippen molar-refractivity contribution in [3.05, 3.63) is 23.2 Å². The van der Waals surface area contributed by atoms with Crippen LogP contribution in [0.1, 0.15) is 13.3 Å². The summed E-state index contributed by atoms with van der Waals surface area (Å²) in [6, 6.07) is 4.64. The third-order valence-electron chi connectivity index (χ3n) is 2.64. The molecular weight excluding hydrogens is 302 g/mol. The van der Waals surface area contributed by atoms with E-state index in [1.54, 1.807) is 12.1 Å². The summed E-state index contributed by atoms with van der Waals surface area (Å²) in [7, 11) is -3.62. The first-order valence-electron chi connectivity index (χ1n) is 6.24. The molecule has 8 heteroatoms. The van der Waals surface area contributed by atoms with Crippen LogP contribution in [0.3, 0.4) is 0 Å². The van der Waals surface area contributed by atoms with E-state index in [0.29, 0.717) is 30.5 Å². The molecule has 2 N–H and O–H groups in total. The summed E-state index contributed by atoms with van der Waals surface area (Å²) in [4.78, 5) is 4.30. The monoisotopic (exact) mass is 317 g/mol. The number of benzene rings is 1. The van der Waals surface area contributed by atoms with Crippen LogP contribution < -0.4 is 10.0 Å². The van der Waals surface area contributed by atoms with E-state index < -0.39 is 10.0 Å². The molecule has 0 saturated carbocycles. The molecule has 110 valence electrons. The number of hydrogen-bond acceptors (Lipinski definition) is 4. The maximum Gasteiger partial charge on any atom is 0.266 e. The lowest BCUT2D eigenvalue weighted by molar-refractivity contribution is 0.146. The van der Waals surface area contributed by atoms with Crippen molar-refractivity contribution >= 4 is 33.3 Å². The first kappa shape index (κ1) is 15.1. The zero-order chi connectivity index (χ0) is 14.6. The Kier molecular flexibility index (Phi) is 4.85. The van der Waals surface area contributed by atoms with Gasteiger partial charge in [0.05, 0.1) is 5.69 Å². The van der Waals surface area contributed by atoms with Gasteiger partial charge in [-0.2, -0.15) is 0 Å². The molecule has 0 radical (unpaired) electrons. The van der Waals surface area contributed by atoms with Gasteiger partial charge in [0.2, 0.25) is 5.96 Å². The van der Waals surface area contributed by atoms with E-state index in [2.05, 4.69) is 15.0 Å². The number of nitrogens with zero attached hydrogens (tertiary/aromatic N) is 1. The molecule has 1 aromatic rings. The lowest BCUT2D eigenvalue weighted by atomic mass is 10.3. The lowest BCUT2D eigenvalue weighted by Crippen LogP contribution is -2.40. The molecule has 0 amide bonds. The highest BCUT2D eigenvalue weighted by Crippen LogP contribution is 2.27. The van der Waals surface area contributed by atoms with Crippen molar-refractivity contribution in [1.29, 1.82) is 0 Å². The van der Waals surface area contributed by atoms with Crippen LogP contribution in [-0.4, -0.2) is 34.1 Å². The van der Waals surface area contributed by atoms with E-state index in [0.717, 1.165) is 6.42 Å². The van der Waals surface area contributed by atoms with Crippen molar-refractivity contribution in [2.75, 3.05) is 25.1 Å². The minimum atomic E-state index is -3.62. The molecule has 20 heavy (non-hydrogen) atoms. The van der Waals surface area contributed by atoms with Crippen LogP contribution >= 0.6 is 11.6 Å². The Labute approximate surface area is 123 Å². The lowest BCUT2D eigenvalue weighted by Gasteiger charge is -2.21. The first-order chi connectivity index (χ1) is 9.53. The standard InChI is InChI=1S/C12H16ClN3O3S/c1-2-19-7-3-6-14-12-15-10-5-4-9(13)8-11(10)20(17,18)16-12/h4-5,8H,2-3,6-7H2,1H3,(H2,14,15,16). The van der Waals surface area contributed by atoms with E-state index in [1.807, 2.05) is 6.92 Å². The summed E-state index contributed by atoms with van der Waals surface area (Å²) >= 11 is 5.81. The average molecular weight is 318 g/mol. The fourth-order valence-corrected chi connectivity index (χ4v) is 3.14. The SMILES string of the molecule is CCOCCCN=C1Nc2ccc(Cl)cc2S(=O)(=O)N1. The molecule has 1 aliphatic heterocycles. The quantitative estimate of drug-likeness (QED) is 0.812. The van der Waals surface area contributed by atoms with Gasteiger partial charge in [0.15, 0.2) is 0 Å². The van der Waals surface area contributed by atoms with Gasteiger partial charge in [0, 0.05) is 24.8 Å². The topological polar surface area (TPSA) is 79.8 Å². The van der Waals surface area contributed by atoms with E-state index >= 15 is 0 Å². The van der Waals surface area contributed by atoms with Crippen LogP contribution in [0.5, 0.6) is 0 Å². The Bertz CT molecular complexity index is 616. The molecule has 0 fully saturated rings. The summed E-state index contributed by atoms with van der Waals surface area (Å²) < 4.78 is 31.7. The molecule has 0 aliphatic carbocycles. The van der Waals surface area contributed by atoms with E-state index in [4.69, 9.17) is 16.3 Å². The molecule has 2 rings (SSSR count). The van der Waals surface area contributed by atoms with Gasteiger partial charge in [0.25, 0.3) is 10.0 Å². The Morgan fingerprint density at radius 1 is 1.40 bits per heavy atom. The van der Waals surface area contributed by atoms with Gasteiger partial charge in [0.1, 0.15) is 4.90 Å². The van der Waals surface area contributed by atoms with Crippen LogP contribution in [-0.2, 0) is 14.8 Å². The molecule has 1 aliphatic rings.